The molecule has 0 aliphatic rings. The second kappa shape index (κ2) is 5.97. The van der Waals surface area contributed by atoms with Gasteiger partial charge in [-0.3, -0.25) is 0 Å². The Morgan fingerprint density at radius 3 is 2.19 bits per heavy atom. The summed E-state index contributed by atoms with van der Waals surface area (Å²) in [5, 5.41) is 0. The van der Waals surface area contributed by atoms with E-state index in [1.54, 1.807) is 24.3 Å². The summed E-state index contributed by atoms with van der Waals surface area (Å²) in [6.45, 7) is 0. The summed E-state index contributed by atoms with van der Waals surface area (Å²) in [4.78, 5) is 12.1. The second-order valence-electron chi connectivity index (χ2n) is 4.37. The monoisotopic (exact) mass is 306 g/mol. The molecule has 0 amide bonds. The zero-order valence-electron chi connectivity index (χ0n) is 11.6. The fourth-order valence-corrected chi connectivity index (χ4v) is 2.33. The number of ether oxygens (including phenoxy) is 2. The van der Waals surface area contributed by atoms with Crippen LogP contribution in [0.4, 0.5) is 0 Å². The Bertz CT molecular complexity index is 748. The predicted molar refractivity (Wildman–Crippen MR) is 77.5 cm³/mol. The normalized spacial score (nSPS) is 11.0. The molecule has 0 fully saturated rings. The highest BCUT2D eigenvalue weighted by atomic mass is 32.2. The van der Waals surface area contributed by atoms with Gasteiger partial charge in [-0.2, -0.15) is 0 Å². The number of hydrogen-bond acceptors (Lipinski definition) is 5. The van der Waals surface area contributed by atoms with Crippen LogP contribution in [-0.2, 0) is 9.84 Å². The molecule has 2 aromatic rings. The minimum atomic E-state index is -3.37. The highest BCUT2D eigenvalue weighted by Crippen LogP contribution is 2.19. The first-order valence-corrected chi connectivity index (χ1v) is 7.95. The second-order valence-corrected chi connectivity index (χ2v) is 6.38. The summed E-state index contributed by atoms with van der Waals surface area (Å²) in [6.07, 6.45) is 1.08. The standard InChI is InChI=1S/C15H14O5S/c1-19-12-6-8-13(9-7-12)20-15(16)11-4-3-5-14(10-11)21(2,17)18/h3-10H,1-2H3. The van der Waals surface area contributed by atoms with E-state index in [9.17, 15) is 13.2 Å². The zero-order chi connectivity index (χ0) is 15.5. The number of carbonyl (C=O) groups excluding carboxylic acids is 1. The van der Waals surface area contributed by atoms with Crippen molar-refractivity contribution in [1.82, 2.24) is 0 Å². The average molecular weight is 306 g/mol. The largest absolute Gasteiger partial charge is 0.497 e. The van der Waals surface area contributed by atoms with Crippen LogP contribution in [0, 0.1) is 0 Å². The lowest BCUT2D eigenvalue weighted by molar-refractivity contribution is 0.0734. The highest BCUT2D eigenvalue weighted by molar-refractivity contribution is 7.90. The molecule has 0 atom stereocenters. The molecule has 0 N–H and O–H groups in total. The lowest BCUT2D eigenvalue weighted by Gasteiger charge is -2.06. The summed E-state index contributed by atoms with van der Waals surface area (Å²) >= 11 is 0. The molecule has 0 aromatic heterocycles. The van der Waals surface area contributed by atoms with Crippen molar-refractivity contribution in [1.29, 1.82) is 0 Å². The highest BCUT2D eigenvalue weighted by Gasteiger charge is 2.13. The third-order valence-electron chi connectivity index (χ3n) is 2.77. The molecule has 0 saturated heterocycles. The first-order valence-electron chi connectivity index (χ1n) is 6.06. The van der Waals surface area contributed by atoms with Crippen molar-refractivity contribution in [2.24, 2.45) is 0 Å². The van der Waals surface area contributed by atoms with Crippen molar-refractivity contribution in [3.8, 4) is 11.5 Å². The van der Waals surface area contributed by atoms with Gasteiger partial charge in [0.1, 0.15) is 11.5 Å². The van der Waals surface area contributed by atoms with Gasteiger partial charge >= 0.3 is 5.97 Å². The zero-order valence-corrected chi connectivity index (χ0v) is 12.4. The Morgan fingerprint density at radius 2 is 1.62 bits per heavy atom. The molecule has 0 heterocycles. The molecule has 21 heavy (non-hydrogen) atoms. The van der Waals surface area contributed by atoms with E-state index in [1.807, 2.05) is 0 Å². The summed E-state index contributed by atoms with van der Waals surface area (Å²) in [5.74, 6) is 0.380. The topological polar surface area (TPSA) is 69.7 Å². The van der Waals surface area contributed by atoms with Crippen LogP contribution in [0.3, 0.4) is 0 Å². The Balaban J connectivity index is 2.20. The van der Waals surface area contributed by atoms with Crippen molar-refractivity contribution >= 4 is 15.8 Å². The van der Waals surface area contributed by atoms with E-state index in [4.69, 9.17) is 9.47 Å². The van der Waals surface area contributed by atoms with Gasteiger partial charge in [-0.25, -0.2) is 13.2 Å². The average Bonchev–Trinajstić information content (AvgIpc) is 2.47. The van der Waals surface area contributed by atoms with Crippen molar-refractivity contribution in [2.45, 2.75) is 4.90 Å². The minimum Gasteiger partial charge on any atom is -0.497 e. The van der Waals surface area contributed by atoms with Crippen molar-refractivity contribution in [3.05, 3.63) is 54.1 Å². The predicted octanol–water partition coefficient (Wildman–Crippen LogP) is 2.32. The smallest absolute Gasteiger partial charge is 0.343 e. The Labute approximate surface area is 123 Å². The van der Waals surface area contributed by atoms with Crippen LogP contribution in [0.15, 0.2) is 53.4 Å². The van der Waals surface area contributed by atoms with Crippen LogP contribution < -0.4 is 9.47 Å². The van der Waals surface area contributed by atoms with Crippen LogP contribution in [0.1, 0.15) is 10.4 Å². The summed E-state index contributed by atoms with van der Waals surface area (Å²) in [5.41, 5.74) is 0.175. The SMILES string of the molecule is COc1ccc(OC(=O)c2cccc(S(C)(=O)=O)c2)cc1. The summed E-state index contributed by atoms with van der Waals surface area (Å²) in [7, 11) is -1.83. The van der Waals surface area contributed by atoms with Crippen LogP contribution >= 0.6 is 0 Å². The third kappa shape index (κ3) is 3.82. The Morgan fingerprint density at radius 1 is 1.00 bits per heavy atom. The molecule has 0 bridgehead atoms. The third-order valence-corrected chi connectivity index (χ3v) is 3.88. The first kappa shape index (κ1) is 15.1. The number of hydrogen-bond donors (Lipinski definition) is 0. The first-order chi connectivity index (χ1) is 9.90. The molecule has 0 radical (unpaired) electrons. The van der Waals surface area contributed by atoms with E-state index in [-0.39, 0.29) is 10.5 Å². The molecule has 0 aliphatic carbocycles. The van der Waals surface area contributed by atoms with E-state index in [0.717, 1.165) is 6.26 Å². The molecular weight excluding hydrogens is 292 g/mol. The van der Waals surface area contributed by atoms with E-state index in [1.165, 1.54) is 31.4 Å². The van der Waals surface area contributed by atoms with E-state index in [0.29, 0.717) is 11.5 Å². The molecule has 0 unspecified atom stereocenters. The van der Waals surface area contributed by atoms with Gasteiger partial charge in [-0.05, 0) is 42.5 Å². The number of rotatable bonds is 4. The fourth-order valence-electron chi connectivity index (χ4n) is 1.66. The molecule has 5 nitrogen and oxygen atoms in total. The van der Waals surface area contributed by atoms with Gasteiger partial charge in [-0.15, -0.1) is 0 Å². The Hall–Kier alpha value is -2.34. The van der Waals surface area contributed by atoms with Crippen molar-refractivity contribution in [2.75, 3.05) is 13.4 Å². The van der Waals surface area contributed by atoms with Crippen molar-refractivity contribution < 1.29 is 22.7 Å². The minimum absolute atomic E-state index is 0.0756. The Kier molecular flexibility index (Phi) is 4.28. The van der Waals surface area contributed by atoms with Gasteiger partial charge < -0.3 is 9.47 Å². The maximum absolute atomic E-state index is 12.0. The van der Waals surface area contributed by atoms with Crippen molar-refractivity contribution in [3.63, 3.8) is 0 Å². The number of benzene rings is 2. The van der Waals surface area contributed by atoms with Gasteiger partial charge in [-0.1, -0.05) is 6.07 Å². The molecular formula is C15H14O5S. The van der Waals surface area contributed by atoms with Crippen LogP contribution in [0.25, 0.3) is 0 Å². The molecule has 0 saturated carbocycles. The van der Waals surface area contributed by atoms with Gasteiger partial charge in [0.05, 0.1) is 17.6 Å². The lowest BCUT2D eigenvalue weighted by atomic mass is 10.2. The molecule has 2 aromatic carbocycles. The van der Waals surface area contributed by atoms with Gasteiger partial charge in [0.25, 0.3) is 0 Å². The van der Waals surface area contributed by atoms with Crippen LogP contribution in [0.5, 0.6) is 11.5 Å². The summed E-state index contributed by atoms with van der Waals surface area (Å²) < 4.78 is 33.1. The van der Waals surface area contributed by atoms with Gasteiger partial charge in [0.2, 0.25) is 0 Å². The lowest BCUT2D eigenvalue weighted by Crippen LogP contribution is -2.09. The number of esters is 1. The molecule has 2 rings (SSSR count). The van der Waals surface area contributed by atoms with E-state index >= 15 is 0 Å². The fraction of sp³-hybridized carbons (Fsp3) is 0.133. The maximum atomic E-state index is 12.0. The molecule has 0 spiro atoms. The van der Waals surface area contributed by atoms with Gasteiger partial charge in [0, 0.05) is 6.26 Å². The van der Waals surface area contributed by atoms with E-state index < -0.39 is 15.8 Å². The van der Waals surface area contributed by atoms with Crippen LogP contribution in [-0.4, -0.2) is 27.8 Å². The van der Waals surface area contributed by atoms with E-state index in [2.05, 4.69) is 0 Å². The number of sulfone groups is 1. The molecule has 110 valence electrons. The number of carbonyl (C=O) groups is 1. The number of methoxy groups -OCH3 is 1. The maximum Gasteiger partial charge on any atom is 0.343 e. The molecule has 0 aliphatic heterocycles. The van der Waals surface area contributed by atoms with Gasteiger partial charge in [0.15, 0.2) is 9.84 Å². The quantitative estimate of drug-likeness (QED) is 0.640. The van der Waals surface area contributed by atoms with Crippen LogP contribution in [0.2, 0.25) is 0 Å². The molecule has 6 heteroatoms. The summed E-state index contributed by atoms with van der Waals surface area (Å²) in [6, 6.07) is 12.2.